The average molecular weight is 192 g/mol. The fourth-order valence-corrected chi connectivity index (χ4v) is 1.31. The number of fused-ring (bicyclic) bond motifs is 1. The number of aromatic nitrogens is 3. The lowest BCUT2D eigenvalue weighted by molar-refractivity contribution is -0.384. The molecule has 0 unspecified atom stereocenters. The van der Waals surface area contributed by atoms with E-state index < -0.39 is 4.92 Å². The maximum Gasteiger partial charge on any atom is 0.271 e. The second-order valence-corrected chi connectivity index (χ2v) is 2.84. The minimum Gasteiger partial charge on any atom is -0.258 e. The van der Waals surface area contributed by atoms with E-state index in [1.54, 1.807) is 10.7 Å². The zero-order valence-corrected chi connectivity index (χ0v) is 7.54. The maximum atomic E-state index is 10.5. The van der Waals surface area contributed by atoms with Gasteiger partial charge in [-0.3, -0.25) is 10.1 Å². The summed E-state index contributed by atoms with van der Waals surface area (Å²) >= 11 is 0. The van der Waals surface area contributed by atoms with Gasteiger partial charge < -0.3 is 0 Å². The van der Waals surface area contributed by atoms with Gasteiger partial charge in [-0.2, -0.15) is 0 Å². The molecule has 0 spiro atoms. The van der Waals surface area contributed by atoms with Crippen molar-refractivity contribution in [3.63, 3.8) is 0 Å². The van der Waals surface area contributed by atoms with E-state index in [1.165, 1.54) is 12.1 Å². The van der Waals surface area contributed by atoms with E-state index in [0.29, 0.717) is 12.1 Å². The van der Waals surface area contributed by atoms with Crippen LogP contribution in [0.3, 0.4) is 0 Å². The first-order valence-corrected chi connectivity index (χ1v) is 4.20. The smallest absolute Gasteiger partial charge is 0.258 e. The summed E-state index contributed by atoms with van der Waals surface area (Å²) in [4.78, 5) is 10.0. The van der Waals surface area contributed by atoms with E-state index in [9.17, 15) is 10.1 Å². The SMILES string of the molecule is CCn1nnc2cc([N+](=O)[O-])ccc21. The van der Waals surface area contributed by atoms with Crippen LogP contribution in [0.15, 0.2) is 18.2 Å². The molecule has 0 saturated heterocycles. The number of hydrogen-bond donors (Lipinski definition) is 0. The molecule has 0 saturated carbocycles. The summed E-state index contributed by atoms with van der Waals surface area (Å²) in [7, 11) is 0. The van der Waals surface area contributed by atoms with Crippen LogP contribution in [-0.2, 0) is 6.54 Å². The first kappa shape index (κ1) is 8.61. The van der Waals surface area contributed by atoms with E-state index in [0.717, 1.165) is 5.52 Å². The van der Waals surface area contributed by atoms with Crippen molar-refractivity contribution in [2.24, 2.45) is 0 Å². The Morgan fingerprint density at radius 2 is 2.36 bits per heavy atom. The second-order valence-electron chi connectivity index (χ2n) is 2.84. The molecule has 0 fully saturated rings. The van der Waals surface area contributed by atoms with Gasteiger partial charge in [-0.25, -0.2) is 4.68 Å². The normalized spacial score (nSPS) is 10.6. The van der Waals surface area contributed by atoms with Gasteiger partial charge in [0, 0.05) is 18.7 Å². The molecular weight excluding hydrogens is 184 g/mol. The van der Waals surface area contributed by atoms with E-state index in [-0.39, 0.29) is 5.69 Å². The van der Waals surface area contributed by atoms with E-state index in [1.807, 2.05) is 6.92 Å². The first-order valence-electron chi connectivity index (χ1n) is 4.20. The largest absolute Gasteiger partial charge is 0.271 e. The van der Waals surface area contributed by atoms with Crippen LogP contribution in [0.4, 0.5) is 5.69 Å². The van der Waals surface area contributed by atoms with Crippen molar-refractivity contribution in [3.8, 4) is 0 Å². The molecule has 2 rings (SSSR count). The van der Waals surface area contributed by atoms with Crippen molar-refractivity contribution in [2.75, 3.05) is 0 Å². The molecule has 1 aromatic carbocycles. The third-order valence-electron chi connectivity index (χ3n) is 2.01. The van der Waals surface area contributed by atoms with Crippen molar-refractivity contribution in [3.05, 3.63) is 28.3 Å². The third-order valence-corrected chi connectivity index (χ3v) is 2.01. The van der Waals surface area contributed by atoms with Crippen LogP contribution in [0.5, 0.6) is 0 Å². The molecule has 1 aromatic heterocycles. The number of benzene rings is 1. The predicted molar refractivity (Wildman–Crippen MR) is 49.9 cm³/mol. The highest BCUT2D eigenvalue weighted by molar-refractivity contribution is 5.76. The topological polar surface area (TPSA) is 73.8 Å². The monoisotopic (exact) mass is 192 g/mol. The van der Waals surface area contributed by atoms with Gasteiger partial charge in [0.25, 0.3) is 5.69 Å². The third kappa shape index (κ3) is 1.20. The lowest BCUT2D eigenvalue weighted by Gasteiger charge is -1.94. The van der Waals surface area contributed by atoms with Crippen LogP contribution in [0, 0.1) is 10.1 Å². The van der Waals surface area contributed by atoms with Gasteiger partial charge in [-0.15, -0.1) is 5.10 Å². The minimum atomic E-state index is -0.440. The van der Waals surface area contributed by atoms with Crippen LogP contribution >= 0.6 is 0 Å². The molecule has 72 valence electrons. The Morgan fingerprint density at radius 3 is 3.00 bits per heavy atom. The summed E-state index contributed by atoms with van der Waals surface area (Å²) in [6, 6.07) is 4.54. The van der Waals surface area contributed by atoms with Gasteiger partial charge in [0.15, 0.2) is 0 Å². The van der Waals surface area contributed by atoms with E-state index >= 15 is 0 Å². The van der Waals surface area contributed by atoms with Crippen LogP contribution in [0.2, 0.25) is 0 Å². The summed E-state index contributed by atoms with van der Waals surface area (Å²) in [5, 5.41) is 18.2. The molecule has 14 heavy (non-hydrogen) atoms. The minimum absolute atomic E-state index is 0.0423. The molecule has 0 amide bonds. The van der Waals surface area contributed by atoms with Crippen molar-refractivity contribution in [1.82, 2.24) is 15.0 Å². The molecule has 0 aliphatic heterocycles. The summed E-state index contributed by atoms with van der Waals surface area (Å²) in [5.41, 5.74) is 1.42. The van der Waals surface area contributed by atoms with Crippen LogP contribution < -0.4 is 0 Å². The molecule has 1 heterocycles. The molecule has 0 atom stereocenters. The Bertz CT molecular complexity index is 491. The average Bonchev–Trinajstić information content (AvgIpc) is 2.59. The highest BCUT2D eigenvalue weighted by atomic mass is 16.6. The fourth-order valence-electron chi connectivity index (χ4n) is 1.31. The van der Waals surface area contributed by atoms with Crippen molar-refractivity contribution in [1.29, 1.82) is 0 Å². The maximum absolute atomic E-state index is 10.5. The van der Waals surface area contributed by atoms with Crippen molar-refractivity contribution >= 4 is 16.7 Å². The molecule has 0 radical (unpaired) electrons. The van der Waals surface area contributed by atoms with Crippen molar-refractivity contribution in [2.45, 2.75) is 13.5 Å². The van der Waals surface area contributed by atoms with Crippen LogP contribution in [-0.4, -0.2) is 19.9 Å². The lowest BCUT2D eigenvalue weighted by Crippen LogP contribution is -1.95. The second kappa shape index (κ2) is 3.06. The summed E-state index contributed by atoms with van der Waals surface area (Å²) in [5.74, 6) is 0. The van der Waals surface area contributed by atoms with Gasteiger partial charge >= 0.3 is 0 Å². The Hall–Kier alpha value is -1.98. The first-order chi connectivity index (χ1) is 6.72. The molecular formula is C8H8N4O2. The van der Waals surface area contributed by atoms with E-state index in [4.69, 9.17) is 0 Å². The molecule has 2 aromatic rings. The van der Waals surface area contributed by atoms with Gasteiger partial charge in [0.05, 0.1) is 10.4 Å². The zero-order chi connectivity index (χ0) is 10.1. The van der Waals surface area contributed by atoms with Crippen LogP contribution in [0.1, 0.15) is 6.92 Å². The number of hydrogen-bond acceptors (Lipinski definition) is 4. The molecule has 0 N–H and O–H groups in total. The highest BCUT2D eigenvalue weighted by Gasteiger charge is 2.09. The standard InChI is InChI=1S/C8H8N4O2/c1-2-11-8-4-3-6(12(13)14)5-7(8)9-10-11/h3-5H,2H2,1H3. The molecule has 0 aliphatic carbocycles. The summed E-state index contributed by atoms with van der Waals surface area (Å²) in [6.45, 7) is 2.64. The quantitative estimate of drug-likeness (QED) is 0.531. The molecule has 0 aliphatic rings. The number of non-ortho nitro benzene ring substituents is 1. The van der Waals surface area contributed by atoms with Gasteiger partial charge in [0.2, 0.25) is 0 Å². The number of aryl methyl sites for hydroxylation is 1. The van der Waals surface area contributed by atoms with Gasteiger partial charge in [-0.1, -0.05) is 5.21 Å². The van der Waals surface area contributed by atoms with Crippen molar-refractivity contribution < 1.29 is 4.92 Å². The molecule has 0 bridgehead atoms. The van der Waals surface area contributed by atoms with Crippen LogP contribution in [0.25, 0.3) is 11.0 Å². The summed E-state index contributed by atoms with van der Waals surface area (Å²) in [6.07, 6.45) is 0. The Morgan fingerprint density at radius 1 is 1.57 bits per heavy atom. The number of rotatable bonds is 2. The lowest BCUT2D eigenvalue weighted by atomic mass is 10.3. The predicted octanol–water partition coefficient (Wildman–Crippen LogP) is 1.36. The number of nitro benzene ring substituents is 1. The Kier molecular flexibility index (Phi) is 1.88. The van der Waals surface area contributed by atoms with Gasteiger partial charge in [0.1, 0.15) is 5.52 Å². The Balaban J connectivity index is 2.63. The fraction of sp³-hybridized carbons (Fsp3) is 0.250. The number of nitrogens with zero attached hydrogens (tertiary/aromatic N) is 4. The van der Waals surface area contributed by atoms with Gasteiger partial charge in [-0.05, 0) is 13.0 Å². The molecule has 6 nitrogen and oxygen atoms in total. The van der Waals surface area contributed by atoms with E-state index in [2.05, 4.69) is 10.3 Å². The molecule has 6 heteroatoms. The Labute approximate surface area is 79.3 Å². The highest BCUT2D eigenvalue weighted by Crippen LogP contribution is 2.18. The number of nitro groups is 1. The summed E-state index contributed by atoms with van der Waals surface area (Å²) < 4.78 is 1.69. The zero-order valence-electron chi connectivity index (χ0n) is 7.54.